The van der Waals surface area contributed by atoms with E-state index in [1.54, 1.807) is 0 Å². The van der Waals surface area contributed by atoms with Crippen LogP contribution in [0.5, 0.6) is 0 Å². The van der Waals surface area contributed by atoms with Gasteiger partial charge in [-0.25, -0.2) is 0 Å². The van der Waals surface area contributed by atoms with Gasteiger partial charge in [0.05, 0.1) is 5.03 Å². The molecule has 1 N–H and O–H groups in total. The highest BCUT2D eigenvalue weighted by Gasteiger charge is 2.42. The highest BCUT2D eigenvalue weighted by molar-refractivity contribution is 6.58. The maximum atomic E-state index is 10.5. The Kier molecular flexibility index (Phi) is 5.63. The van der Waals surface area contributed by atoms with Gasteiger partial charge in [-0.3, -0.25) is 4.79 Å². The number of hydrogen-bond donors (Lipinski definition) is 1. The summed E-state index contributed by atoms with van der Waals surface area (Å²) in [6.07, 6.45) is 0. The van der Waals surface area contributed by atoms with Gasteiger partial charge in [-0.05, 0) is 0 Å². The number of carboxylic acid groups (broad SMARTS) is 1. The van der Waals surface area contributed by atoms with Crippen molar-refractivity contribution in [3.05, 3.63) is 22.7 Å². The molecular formula is C7H5Cl5O2. The standard InChI is InChI=1S/C7H5Cl5O2/c1-3(4(9)2-8)7(11,12)5(10)6(13)14/h2,5H,1H2,(H,13,14). The zero-order chi connectivity index (χ0) is 11.5. The summed E-state index contributed by atoms with van der Waals surface area (Å²) in [5.41, 5.74) is 0.898. The molecule has 0 bridgehead atoms. The molecule has 0 saturated heterocycles. The monoisotopic (exact) mass is 296 g/mol. The fourth-order valence-corrected chi connectivity index (χ4v) is 1.43. The molecule has 0 aromatic heterocycles. The average molecular weight is 298 g/mol. The summed E-state index contributed by atoms with van der Waals surface area (Å²) in [5, 5.41) is 6.97. The minimum absolute atomic E-state index is 0.0523. The zero-order valence-electron chi connectivity index (χ0n) is 6.61. The van der Waals surface area contributed by atoms with Gasteiger partial charge in [-0.15, -0.1) is 11.6 Å². The van der Waals surface area contributed by atoms with E-state index in [4.69, 9.17) is 63.1 Å². The maximum Gasteiger partial charge on any atom is 0.325 e. The minimum atomic E-state index is -1.91. The van der Waals surface area contributed by atoms with Gasteiger partial charge >= 0.3 is 5.97 Å². The van der Waals surface area contributed by atoms with Gasteiger partial charge in [0.15, 0.2) is 9.71 Å². The normalized spacial score (nSPS) is 15.1. The highest BCUT2D eigenvalue weighted by atomic mass is 35.5. The molecule has 0 aliphatic rings. The summed E-state index contributed by atoms with van der Waals surface area (Å²) < 4.78 is -1.91. The van der Waals surface area contributed by atoms with Crippen LogP contribution in [0.2, 0.25) is 0 Å². The smallest absolute Gasteiger partial charge is 0.325 e. The van der Waals surface area contributed by atoms with Gasteiger partial charge in [0.25, 0.3) is 0 Å². The van der Waals surface area contributed by atoms with Crippen LogP contribution in [0.1, 0.15) is 0 Å². The first kappa shape index (κ1) is 14.4. The van der Waals surface area contributed by atoms with Gasteiger partial charge in [-0.1, -0.05) is 53.0 Å². The van der Waals surface area contributed by atoms with Crippen molar-refractivity contribution in [1.29, 1.82) is 0 Å². The zero-order valence-corrected chi connectivity index (χ0v) is 10.4. The quantitative estimate of drug-likeness (QED) is 0.634. The fourth-order valence-electron chi connectivity index (χ4n) is 0.533. The molecule has 0 fully saturated rings. The lowest BCUT2D eigenvalue weighted by atomic mass is 10.1. The fraction of sp³-hybridized carbons (Fsp3) is 0.286. The van der Waals surface area contributed by atoms with Crippen molar-refractivity contribution in [3.63, 3.8) is 0 Å². The van der Waals surface area contributed by atoms with Gasteiger partial charge < -0.3 is 5.11 Å². The van der Waals surface area contributed by atoms with E-state index in [9.17, 15) is 4.79 Å². The molecule has 0 aliphatic carbocycles. The summed E-state index contributed by atoms with van der Waals surface area (Å²) in [4.78, 5) is 10.5. The third-order valence-electron chi connectivity index (χ3n) is 1.32. The molecule has 0 aromatic rings. The molecular weight excluding hydrogens is 293 g/mol. The predicted octanol–water partition coefficient (Wildman–Crippen LogP) is 3.73. The molecule has 14 heavy (non-hydrogen) atoms. The first-order chi connectivity index (χ1) is 6.25. The Morgan fingerprint density at radius 2 is 1.93 bits per heavy atom. The van der Waals surface area contributed by atoms with Crippen molar-refractivity contribution < 1.29 is 9.90 Å². The van der Waals surface area contributed by atoms with Gasteiger partial charge in [-0.2, -0.15) is 0 Å². The lowest BCUT2D eigenvalue weighted by Crippen LogP contribution is -2.35. The van der Waals surface area contributed by atoms with Crippen LogP contribution in [0.15, 0.2) is 22.7 Å². The second-order valence-electron chi connectivity index (χ2n) is 2.26. The van der Waals surface area contributed by atoms with E-state index in [0.717, 1.165) is 5.54 Å². The summed E-state index contributed by atoms with van der Waals surface area (Å²) in [5.74, 6) is -1.38. The SMILES string of the molecule is C=C(C(Cl)=CCl)C(Cl)(Cl)C(Cl)C(=O)O. The van der Waals surface area contributed by atoms with Crippen molar-refractivity contribution in [2.24, 2.45) is 0 Å². The molecule has 1 unspecified atom stereocenters. The molecule has 0 spiro atoms. The molecule has 1 atom stereocenters. The van der Waals surface area contributed by atoms with E-state index in [1.165, 1.54) is 0 Å². The van der Waals surface area contributed by atoms with Crippen molar-refractivity contribution in [2.75, 3.05) is 0 Å². The highest BCUT2D eigenvalue weighted by Crippen LogP contribution is 2.40. The second kappa shape index (κ2) is 5.47. The van der Waals surface area contributed by atoms with E-state index in [0.29, 0.717) is 0 Å². The van der Waals surface area contributed by atoms with Gasteiger partial charge in [0.2, 0.25) is 0 Å². The number of hydrogen-bond acceptors (Lipinski definition) is 1. The van der Waals surface area contributed by atoms with E-state index in [-0.39, 0.29) is 10.6 Å². The van der Waals surface area contributed by atoms with Crippen LogP contribution in [-0.2, 0) is 4.79 Å². The number of halogens is 5. The van der Waals surface area contributed by atoms with Crippen molar-refractivity contribution in [2.45, 2.75) is 9.71 Å². The minimum Gasteiger partial charge on any atom is -0.480 e. The van der Waals surface area contributed by atoms with E-state index < -0.39 is 15.7 Å². The average Bonchev–Trinajstić information content (AvgIpc) is 2.13. The third kappa shape index (κ3) is 3.21. The number of carbonyl (C=O) groups is 1. The van der Waals surface area contributed by atoms with Crippen LogP contribution in [0.3, 0.4) is 0 Å². The number of alkyl halides is 3. The van der Waals surface area contributed by atoms with Crippen LogP contribution < -0.4 is 0 Å². The van der Waals surface area contributed by atoms with Crippen LogP contribution >= 0.6 is 58.0 Å². The molecule has 2 nitrogen and oxygen atoms in total. The number of rotatable bonds is 4. The summed E-state index contributed by atoms with van der Waals surface area (Å²) in [6.45, 7) is 3.40. The maximum absolute atomic E-state index is 10.5. The van der Waals surface area contributed by atoms with Gasteiger partial charge in [0.1, 0.15) is 0 Å². The van der Waals surface area contributed by atoms with Gasteiger partial charge in [0, 0.05) is 11.1 Å². The van der Waals surface area contributed by atoms with E-state index in [1.807, 2.05) is 0 Å². The van der Waals surface area contributed by atoms with Crippen molar-refractivity contribution in [1.82, 2.24) is 0 Å². The first-order valence-electron chi connectivity index (χ1n) is 3.15. The molecule has 0 radical (unpaired) electrons. The Balaban J connectivity index is 4.96. The summed E-state index contributed by atoms with van der Waals surface area (Å²) in [7, 11) is 0. The molecule has 0 amide bonds. The van der Waals surface area contributed by atoms with Crippen LogP contribution in [0, 0.1) is 0 Å². The predicted molar refractivity (Wildman–Crippen MR) is 60.6 cm³/mol. The third-order valence-corrected chi connectivity index (χ3v) is 3.62. The molecule has 0 heterocycles. The topological polar surface area (TPSA) is 37.3 Å². The van der Waals surface area contributed by atoms with E-state index in [2.05, 4.69) is 6.58 Å². The number of carboxylic acids is 1. The number of aliphatic carboxylic acids is 1. The Labute approximate surface area is 106 Å². The Bertz CT molecular complexity index is 284. The Morgan fingerprint density at radius 1 is 1.50 bits per heavy atom. The Morgan fingerprint density at radius 3 is 2.21 bits per heavy atom. The van der Waals surface area contributed by atoms with Crippen molar-refractivity contribution in [3.8, 4) is 0 Å². The van der Waals surface area contributed by atoms with Crippen LogP contribution in [-0.4, -0.2) is 20.8 Å². The molecule has 0 rings (SSSR count). The molecule has 0 aromatic carbocycles. The van der Waals surface area contributed by atoms with Crippen molar-refractivity contribution >= 4 is 64.0 Å². The Hall–Kier alpha value is 0.400. The number of allylic oxidation sites excluding steroid dienone is 2. The lowest BCUT2D eigenvalue weighted by molar-refractivity contribution is -0.136. The molecule has 7 heteroatoms. The molecule has 0 aliphatic heterocycles. The largest absolute Gasteiger partial charge is 0.480 e. The summed E-state index contributed by atoms with van der Waals surface area (Å²) in [6, 6.07) is 0. The second-order valence-corrected chi connectivity index (χ2v) is 4.71. The molecule has 0 saturated carbocycles. The first-order valence-corrected chi connectivity index (χ1v) is 5.16. The summed E-state index contributed by atoms with van der Waals surface area (Å²) >= 11 is 27.6. The molecule has 80 valence electrons. The lowest BCUT2D eigenvalue weighted by Gasteiger charge is -2.23. The van der Waals surface area contributed by atoms with Crippen LogP contribution in [0.4, 0.5) is 0 Å². The van der Waals surface area contributed by atoms with E-state index >= 15 is 0 Å². The van der Waals surface area contributed by atoms with Crippen LogP contribution in [0.25, 0.3) is 0 Å².